The molecule has 0 aliphatic rings. The first-order valence-corrected chi connectivity index (χ1v) is 10.9. The zero-order valence-corrected chi connectivity index (χ0v) is 18.7. The van der Waals surface area contributed by atoms with Crippen LogP contribution in [0.1, 0.15) is 15.9 Å². The molecule has 34 heavy (non-hydrogen) atoms. The Kier molecular flexibility index (Phi) is 7.25. The smallest absolute Gasteiger partial charge is 0.413 e. The van der Waals surface area contributed by atoms with Crippen LogP contribution in [0, 0.1) is 0 Å². The lowest BCUT2D eigenvalue weighted by atomic mass is 10.1. The summed E-state index contributed by atoms with van der Waals surface area (Å²) in [5.74, 6) is -0.808. The minimum Gasteiger partial charge on any atom is -0.456 e. The summed E-state index contributed by atoms with van der Waals surface area (Å²) in [6, 6.07) is 21.3. The van der Waals surface area contributed by atoms with Gasteiger partial charge in [0.15, 0.2) is 12.4 Å². The molecule has 0 spiro atoms. The Morgan fingerprint density at radius 1 is 0.912 bits per heavy atom. The van der Waals surface area contributed by atoms with Crippen LogP contribution < -0.4 is 10.1 Å². The molecule has 0 fully saturated rings. The number of ether oxygens (including phenoxy) is 2. The number of benzene rings is 3. The average molecular weight is 477 g/mol. The molecule has 4 aromatic rings. The van der Waals surface area contributed by atoms with Crippen LogP contribution in [0.25, 0.3) is 10.9 Å². The molecule has 4 rings (SSSR count). The molecular weight excluding hydrogens is 456 g/mol. The summed E-state index contributed by atoms with van der Waals surface area (Å²) in [6.07, 6.45) is 1.10. The van der Waals surface area contributed by atoms with E-state index in [0.717, 1.165) is 16.5 Å². The summed E-state index contributed by atoms with van der Waals surface area (Å²) in [6.45, 7) is -0.472. The summed E-state index contributed by atoms with van der Waals surface area (Å²) >= 11 is 5.85. The van der Waals surface area contributed by atoms with Crippen molar-refractivity contribution in [3.63, 3.8) is 0 Å². The molecule has 0 saturated heterocycles. The van der Waals surface area contributed by atoms with Crippen molar-refractivity contribution in [3.8, 4) is 5.75 Å². The van der Waals surface area contributed by atoms with Crippen molar-refractivity contribution >= 4 is 40.3 Å². The second-order valence-electron chi connectivity index (χ2n) is 7.50. The Morgan fingerprint density at radius 2 is 1.62 bits per heavy atom. The normalized spacial score (nSPS) is 11.6. The van der Waals surface area contributed by atoms with Crippen LogP contribution in [-0.4, -0.2) is 35.5 Å². The Bertz CT molecular complexity index is 1300. The van der Waals surface area contributed by atoms with E-state index in [-0.39, 0.29) is 12.2 Å². The van der Waals surface area contributed by atoms with Crippen LogP contribution in [0.3, 0.4) is 0 Å². The topological polar surface area (TPSA) is 97.5 Å². The average Bonchev–Trinajstić information content (AvgIpc) is 3.26. The molecule has 0 saturated carbocycles. The highest BCUT2D eigenvalue weighted by Gasteiger charge is 2.26. The fraction of sp³-hybridized carbons (Fsp3) is 0.115. The van der Waals surface area contributed by atoms with Crippen LogP contribution in [0.15, 0.2) is 85.1 Å². The number of H-pyrrole nitrogens is 1. The molecule has 0 bridgehead atoms. The number of carbonyl (C=O) groups is 3. The number of rotatable bonds is 8. The van der Waals surface area contributed by atoms with Gasteiger partial charge in [-0.1, -0.05) is 48.0 Å². The van der Waals surface area contributed by atoms with Gasteiger partial charge in [-0.3, -0.25) is 4.79 Å². The van der Waals surface area contributed by atoms with Crippen molar-refractivity contribution in [1.29, 1.82) is 0 Å². The standard InChI is InChI=1S/C26H21ClN2O5/c27-19-12-10-17(11-13-19)24(30)16-33-25(31)23(29-26(32)34-20-6-2-1-3-7-20)14-18-15-28-22-9-5-4-8-21(18)22/h1-13,15,23,28H,14,16H2,(H,29,32)/t23-/m1/s1. The van der Waals surface area contributed by atoms with Gasteiger partial charge in [0.2, 0.25) is 0 Å². The number of aromatic nitrogens is 1. The highest BCUT2D eigenvalue weighted by atomic mass is 35.5. The third kappa shape index (κ3) is 5.82. The number of ketones is 1. The Morgan fingerprint density at radius 3 is 2.38 bits per heavy atom. The van der Waals surface area contributed by atoms with Crippen molar-refractivity contribution in [2.45, 2.75) is 12.5 Å². The van der Waals surface area contributed by atoms with E-state index in [2.05, 4.69) is 10.3 Å². The number of hydrogen-bond donors (Lipinski definition) is 2. The summed E-state index contributed by atoms with van der Waals surface area (Å²) < 4.78 is 10.5. The number of para-hydroxylation sites is 2. The highest BCUT2D eigenvalue weighted by molar-refractivity contribution is 6.30. The van der Waals surface area contributed by atoms with E-state index in [1.165, 1.54) is 0 Å². The van der Waals surface area contributed by atoms with Gasteiger partial charge < -0.3 is 19.8 Å². The largest absolute Gasteiger partial charge is 0.456 e. The molecule has 1 aromatic heterocycles. The summed E-state index contributed by atoms with van der Waals surface area (Å²) in [5.41, 5.74) is 2.07. The molecule has 3 aromatic carbocycles. The van der Waals surface area contributed by atoms with Gasteiger partial charge >= 0.3 is 12.1 Å². The molecule has 0 unspecified atom stereocenters. The molecule has 7 nitrogen and oxygen atoms in total. The number of Topliss-reactive ketones (excluding diaryl/α,β-unsaturated/α-hetero) is 1. The van der Waals surface area contributed by atoms with Crippen LogP contribution in [-0.2, 0) is 16.0 Å². The first-order chi connectivity index (χ1) is 16.5. The predicted molar refractivity (Wildman–Crippen MR) is 128 cm³/mol. The molecular formula is C26H21ClN2O5. The Balaban J connectivity index is 1.47. The fourth-order valence-electron chi connectivity index (χ4n) is 3.44. The maximum atomic E-state index is 12.9. The van der Waals surface area contributed by atoms with Gasteiger partial charge in [0.05, 0.1) is 0 Å². The van der Waals surface area contributed by atoms with Gasteiger partial charge in [-0.15, -0.1) is 0 Å². The van der Waals surface area contributed by atoms with Crippen molar-refractivity contribution in [1.82, 2.24) is 10.3 Å². The number of nitrogens with one attached hydrogen (secondary N) is 2. The number of hydrogen-bond acceptors (Lipinski definition) is 5. The Labute approximate surface area is 200 Å². The van der Waals surface area contributed by atoms with E-state index in [4.69, 9.17) is 21.1 Å². The third-order valence-corrected chi connectivity index (χ3v) is 5.39. The lowest BCUT2D eigenvalue weighted by Crippen LogP contribution is -2.45. The maximum absolute atomic E-state index is 12.9. The molecule has 0 aliphatic carbocycles. The highest BCUT2D eigenvalue weighted by Crippen LogP contribution is 2.20. The van der Waals surface area contributed by atoms with Crippen LogP contribution in [0.2, 0.25) is 5.02 Å². The second-order valence-corrected chi connectivity index (χ2v) is 7.94. The third-order valence-electron chi connectivity index (χ3n) is 5.14. The molecule has 2 N–H and O–H groups in total. The monoisotopic (exact) mass is 476 g/mol. The summed E-state index contributed by atoms with van der Waals surface area (Å²) in [7, 11) is 0. The van der Waals surface area contributed by atoms with E-state index in [1.807, 2.05) is 24.3 Å². The molecule has 1 amide bonds. The molecule has 0 aliphatic heterocycles. The summed E-state index contributed by atoms with van der Waals surface area (Å²) in [5, 5.41) is 3.97. The van der Waals surface area contributed by atoms with Crippen molar-refractivity contribution in [2.24, 2.45) is 0 Å². The second kappa shape index (κ2) is 10.7. The van der Waals surface area contributed by atoms with Gasteiger partial charge in [-0.25, -0.2) is 9.59 Å². The number of halogens is 1. The van der Waals surface area contributed by atoms with E-state index in [9.17, 15) is 14.4 Å². The number of carbonyl (C=O) groups excluding carboxylic acids is 3. The van der Waals surface area contributed by atoms with E-state index < -0.39 is 24.7 Å². The lowest BCUT2D eigenvalue weighted by molar-refractivity contribution is -0.144. The molecule has 1 atom stereocenters. The zero-order valence-electron chi connectivity index (χ0n) is 18.0. The zero-order chi connectivity index (χ0) is 23.9. The minimum absolute atomic E-state index is 0.141. The number of amides is 1. The number of fused-ring (bicyclic) bond motifs is 1. The van der Waals surface area contributed by atoms with E-state index in [1.54, 1.807) is 60.8 Å². The van der Waals surface area contributed by atoms with Gasteiger partial charge in [0.25, 0.3) is 0 Å². The van der Waals surface area contributed by atoms with Gasteiger partial charge in [-0.2, -0.15) is 0 Å². The van der Waals surface area contributed by atoms with Crippen LogP contribution >= 0.6 is 11.6 Å². The number of aromatic amines is 1. The first-order valence-electron chi connectivity index (χ1n) is 10.5. The lowest BCUT2D eigenvalue weighted by Gasteiger charge is -2.17. The number of esters is 1. The predicted octanol–water partition coefficient (Wildman–Crippen LogP) is 4.95. The van der Waals surface area contributed by atoms with Crippen LogP contribution in [0.4, 0.5) is 4.79 Å². The van der Waals surface area contributed by atoms with E-state index >= 15 is 0 Å². The van der Waals surface area contributed by atoms with Crippen molar-refractivity contribution in [3.05, 3.63) is 101 Å². The fourth-order valence-corrected chi connectivity index (χ4v) is 3.56. The van der Waals surface area contributed by atoms with Gasteiger partial charge in [0.1, 0.15) is 11.8 Å². The first kappa shape index (κ1) is 23.1. The van der Waals surface area contributed by atoms with Crippen LogP contribution in [0.5, 0.6) is 5.75 Å². The van der Waals surface area contributed by atoms with Gasteiger partial charge in [0, 0.05) is 34.1 Å². The van der Waals surface area contributed by atoms with E-state index in [0.29, 0.717) is 16.3 Å². The quantitative estimate of drug-likeness (QED) is 0.277. The molecule has 1 heterocycles. The van der Waals surface area contributed by atoms with Gasteiger partial charge in [-0.05, 0) is 48.0 Å². The SMILES string of the molecule is O=C(N[C@H](Cc1c[nH]c2ccccc12)C(=O)OCC(=O)c1ccc(Cl)cc1)Oc1ccccc1. The molecule has 8 heteroatoms. The molecule has 0 radical (unpaired) electrons. The Hall–Kier alpha value is -4.10. The maximum Gasteiger partial charge on any atom is 0.413 e. The molecule has 172 valence electrons. The van der Waals surface area contributed by atoms with Crippen molar-refractivity contribution < 1.29 is 23.9 Å². The van der Waals surface area contributed by atoms with Crippen molar-refractivity contribution in [2.75, 3.05) is 6.61 Å². The minimum atomic E-state index is -1.08. The summed E-state index contributed by atoms with van der Waals surface area (Å²) in [4.78, 5) is 40.9.